The Kier molecular flexibility index (Phi) is 6.88. The van der Waals surface area contributed by atoms with Gasteiger partial charge < -0.3 is 9.30 Å². The molecule has 0 aliphatic carbocycles. The average molecular weight is 355 g/mol. The number of hydrogen-bond acceptors (Lipinski definition) is 2. The standard InChI is InChI=1S/C17H16NO2.Y/c1-4-11-20-14-9-10-15(13(3)12-14)16-7-6-8-17(19)18(16)5-2;/h1,6,8-10,12H,5,11H2,2-3H3;/q-1;. The summed E-state index contributed by atoms with van der Waals surface area (Å²) in [7, 11) is 0. The molecule has 21 heavy (non-hydrogen) atoms. The maximum Gasteiger partial charge on any atom is 0.194 e. The van der Waals surface area contributed by atoms with Crippen LogP contribution in [-0.4, -0.2) is 11.2 Å². The van der Waals surface area contributed by atoms with Gasteiger partial charge in [0, 0.05) is 39.3 Å². The van der Waals surface area contributed by atoms with Gasteiger partial charge in [-0.3, -0.25) is 4.79 Å². The minimum Gasteiger partial charge on any atom is -0.481 e. The summed E-state index contributed by atoms with van der Waals surface area (Å²) in [5.41, 5.74) is 2.76. The van der Waals surface area contributed by atoms with Crippen molar-refractivity contribution >= 4 is 0 Å². The molecule has 0 saturated carbocycles. The molecule has 4 heteroatoms. The van der Waals surface area contributed by atoms with Crippen LogP contribution in [-0.2, 0) is 39.3 Å². The third-order valence-corrected chi connectivity index (χ3v) is 3.07. The van der Waals surface area contributed by atoms with Crippen molar-refractivity contribution in [3.05, 3.63) is 52.3 Å². The van der Waals surface area contributed by atoms with E-state index in [-0.39, 0.29) is 44.9 Å². The SMILES string of the molecule is C#CCOc1ccc(-c2[c-]ccc(=O)n2CC)c(C)c1.[Y]. The maximum absolute atomic E-state index is 11.9. The van der Waals surface area contributed by atoms with Gasteiger partial charge >= 0.3 is 0 Å². The van der Waals surface area contributed by atoms with Crippen LogP contribution in [0.1, 0.15) is 12.5 Å². The van der Waals surface area contributed by atoms with Crippen molar-refractivity contribution in [2.75, 3.05) is 6.61 Å². The molecule has 0 N–H and O–H groups in total. The quantitative estimate of drug-likeness (QED) is 0.624. The van der Waals surface area contributed by atoms with Crippen molar-refractivity contribution in [1.82, 2.24) is 4.57 Å². The van der Waals surface area contributed by atoms with Gasteiger partial charge in [0.05, 0.1) is 0 Å². The number of aryl methyl sites for hydroxylation is 1. The summed E-state index contributed by atoms with van der Waals surface area (Å²) in [6, 6.07) is 12.0. The number of ether oxygens (including phenoxy) is 1. The Morgan fingerprint density at radius 2 is 2.14 bits per heavy atom. The maximum atomic E-state index is 11.9. The molecule has 2 rings (SSSR count). The molecule has 0 aliphatic heterocycles. The molecule has 0 fully saturated rings. The number of terminal acetylenes is 1. The first-order valence-electron chi connectivity index (χ1n) is 6.46. The minimum atomic E-state index is -0.0201. The molecule has 1 aromatic carbocycles. The second-order valence-electron chi connectivity index (χ2n) is 4.38. The molecule has 0 bridgehead atoms. The van der Waals surface area contributed by atoms with E-state index in [1.54, 1.807) is 10.6 Å². The number of rotatable bonds is 4. The van der Waals surface area contributed by atoms with Gasteiger partial charge in [-0.1, -0.05) is 35.7 Å². The second-order valence-corrected chi connectivity index (χ2v) is 4.38. The summed E-state index contributed by atoms with van der Waals surface area (Å²) in [6.07, 6.45) is 5.17. The van der Waals surface area contributed by atoms with Crippen LogP contribution in [0.25, 0.3) is 11.3 Å². The summed E-state index contributed by atoms with van der Waals surface area (Å²) in [5, 5.41) is 0. The minimum absolute atomic E-state index is 0. The van der Waals surface area contributed by atoms with Gasteiger partial charge in [-0.2, -0.15) is 12.1 Å². The fourth-order valence-corrected chi connectivity index (χ4v) is 2.12. The molecule has 3 nitrogen and oxygen atoms in total. The Hall–Kier alpha value is -1.37. The number of pyridine rings is 1. The molecule has 0 spiro atoms. The van der Waals surface area contributed by atoms with E-state index in [0.717, 1.165) is 22.6 Å². The molecule has 1 heterocycles. The Balaban J connectivity index is 0.00000220. The smallest absolute Gasteiger partial charge is 0.194 e. The van der Waals surface area contributed by atoms with Crippen LogP contribution >= 0.6 is 0 Å². The van der Waals surface area contributed by atoms with Gasteiger partial charge in [0.2, 0.25) is 0 Å². The summed E-state index contributed by atoms with van der Waals surface area (Å²) in [5.74, 6) is 3.16. The third-order valence-electron chi connectivity index (χ3n) is 3.07. The average Bonchev–Trinajstić information content (AvgIpc) is 2.45. The number of hydrogen-bond donors (Lipinski definition) is 0. The fourth-order valence-electron chi connectivity index (χ4n) is 2.12. The van der Waals surface area contributed by atoms with E-state index < -0.39 is 0 Å². The van der Waals surface area contributed by atoms with Crippen LogP contribution in [0, 0.1) is 25.3 Å². The van der Waals surface area contributed by atoms with Crippen molar-refractivity contribution in [2.45, 2.75) is 20.4 Å². The van der Waals surface area contributed by atoms with Crippen LogP contribution in [0.2, 0.25) is 0 Å². The van der Waals surface area contributed by atoms with Gasteiger partial charge in [-0.15, -0.1) is 12.5 Å². The van der Waals surface area contributed by atoms with Crippen molar-refractivity contribution in [3.63, 3.8) is 0 Å². The second kappa shape index (κ2) is 8.17. The Morgan fingerprint density at radius 1 is 1.38 bits per heavy atom. The molecule has 0 unspecified atom stereocenters. The molecular formula is C17H16NO2Y-. The molecule has 0 atom stereocenters. The van der Waals surface area contributed by atoms with E-state index in [9.17, 15) is 4.79 Å². The van der Waals surface area contributed by atoms with Crippen molar-refractivity contribution < 1.29 is 37.4 Å². The zero-order chi connectivity index (χ0) is 14.5. The van der Waals surface area contributed by atoms with Crippen LogP contribution < -0.4 is 10.3 Å². The van der Waals surface area contributed by atoms with Gasteiger partial charge in [0.25, 0.3) is 0 Å². The van der Waals surface area contributed by atoms with Gasteiger partial charge in [0.15, 0.2) is 5.56 Å². The molecule has 0 saturated heterocycles. The fraction of sp³-hybridized carbons (Fsp3) is 0.235. The van der Waals surface area contributed by atoms with Crippen LogP contribution in [0.15, 0.2) is 35.1 Å². The Bertz CT molecular complexity index is 713. The van der Waals surface area contributed by atoms with Crippen LogP contribution in [0.3, 0.4) is 0 Å². The van der Waals surface area contributed by atoms with Crippen LogP contribution in [0.4, 0.5) is 0 Å². The summed E-state index contributed by atoms with van der Waals surface area (Å²) < 4.78 is 7.09. The largest absolute Gasteiger partial charge is 0.481 e. The Morgan fingerprint density at radius 3 is 2.76 bits per heavy atom. The van der Waals surface area contributed by atoms with Gasteiger partial charge in [0.1, 0.15) is 12.4 Å². The molecule has 1 aromatic heterocycles. The Labute approximate surface area is 150 Å². The molecule has 2 aromatic rings. The van der Waals surface area contributed by atoms with E-state index >= 15 is 0 Å². The van der Waals surface area contributed by atoms with E-state index in [1.807, 2.05) is 32.0 Å². The van der Waals surface area contributed by atoms with Crippen molar-refractivity contribution in [2.24, 2.45) is 0 Å². The summed E-state index contributed by atoms with van der Waals surface area (Å²) in [4.78, 5) is 11.9. The van der Waals surface area contributed by atoms with Gasteiger partial charge in [-0.05, 0) is 19.1 Å². The van der Waals surface area contributed by atoms with E-state index in [1.165, 1.54) is 6.07 Å². The number of aromatic nitrogens is 1. The topological polar surface area (TPSA) is 31.2 Å². The monoisotopic (exact) mass is 355 g/mol. The predicted octanol–water partition coefficient (Wildman–Crippen LogP) is 2.65. The molecular weight excluding hydrogens is 339 g/mol. The normalized spacial score (nSPS) is 9.57. The van der Waals surface area contributed by atoms with E-state index in [2.05, 4.69) is 12.0 Å². The zero-order valence-corrected chi connectivity index (χ0v) is 15.1. The first kappa shape index (κ1) is 17.7. The zero-order valence-electron chi connectivity index (χ0n) is 12.2. The van der Waals surface area contributed by atoms with Gasteiger partial charge in [-0.25, -0.2) is 0 Å². The number of benzene rings is 1. The van der Waals surface area contributed by atoms with Crippen molar-refractivity contribution in [1.29, 1.82) is 0 Å². The van der Waals surface area contributed by atoms with Crippen LogP contribution in [0.5, 0.6) is 5.75 Å². The van der Waals surface area contributed by atoms with E-state index in [4.69, 9.17) is 11.2 Å². The van der Waals surface area contributed by atoms with Crippen molar-refractivity contribution in [3.8, 4) is 29.4 Å². The first-order valence-corrected chi connectivity index (χ1v) is 6.46. The van der Waals surface area contributed by atoms with E-state index in [0.29, 0.717) is 6.54 Å². The third kappa shape index (κ3) is 4.06. The first-order chi connectivity index (χ1) is 9.67. The molecule has 0 amide bonds. The number of nitrogens with zero attached hydrogens (tertiary/aromatic N) is 1. The molecule has 0 aliphatic rings. The molecule has 1 radical (unpaired) electrons. The molecule has 105 valence electrons. The summed E-state index contributed by atoms with van der Waals surface area (Å²) >= 11 is 0. The summed E-state index contributed by atoms with van der Waals surface area (Å²) in [6.45, 7) is 4.78. The predicted molar refractivity (Wildman–Crippen MR) is 79.7 cm³/mol.